The van der Waals surface area contributed by atoms with Crippen molar-refractivity contribution in [1.29, 1.82) is 0 Å². The van der Waals surface area contributed by atoms with Crippen LogP contribution in [0.2, 0.25) is 0 Å². The summed E-state index contributed by atoms with van der Waals surface area (Å²) >= 11 is 0. The minimum Gasteiger partial charge on any atom is -0.391 e. The highest BCUT2D eigenvalue weighted by atomic mass is 16.1. The number of aromatic nitrogens is 2. The van der Waals surface area contributed by atoms with Gasteiger partial charge in [0.15, 0.2) is 5.82 Å². The molecular formula is C14H16N4O. The smallest absolute Gasteiger partial charge is 0.276 e. The summed E-state index contributed by atoms with van der Waals surface area (Å²) in [5.74, 6) is 0.480. The first-order valence-corrected chi connectivity index (χ1v) is 6.40. The monoisotopic (exact) mass is 256 g/mol. The zero-order valence-electron chi connectivity index (χ0n) is 10.5. The summed E-state index contributed by atoms with van der Waals surface area (Å²) < 4.78 is 0. The van der Waals surface area contributed by atoms with E-state index in [1.165, 1.54) is 17.5 Å². The number of H-pyrrole nitrogens is 1. The zero-order chi connectivity index (χ0) is 13.2. The fraction of sp³-hybridized carbons (Fsp3) is 0.286. The average Bonchev–Trinajstić information content (AvgIpc) is 2.44. The maximum Gasteiger partial charge on any atom is 0.276 e. The van der Waals surface area contributed by atoms with Gasteiger partial charge >= 0.3 is 0 Å². The van der Waals surface area contributed by atoms with Gasteiger partial charge in [-0.15, -0.1) is 0 Å². The van der Waals surface area contributed by atoms with Gasteiger partial charge in [0.05, 0.1) is 6.33 Å². The third kappa shape index (κ3) is 2.31. The Hall–Kier alpha value is -2.30. The molecule has 0 amide bonds. The molecule has 1 aromatic carbocycles. The molecule has 1 aliphatic rings. The van der Waals surface area contributed by atoms with E-state index in [9.17, 15) is 4.79 Å². The lowest BCUT2D eigenvalue weighted by atomic mass is 9.88. The molecule has 5 nitrogen and oxygen atoms in total. The predicted molar refractivity (Wildman–Crippen MR) is 75.1 cm³/mol. The lowest BCUT2D eigenvalue weighted by Crippen LogP contribution is -2.29. The zero-order valence-corrected chi connectivity index (χ0v) is 10.5. The molecule has 0 saturated carbocycles. The quantitative estimate of drug-likeness (QED) is 0.756. The second-order valence-electron chi connectivity index (χ2n) is 4.85. The standard InChI is InChI=1S/C14H16N4O/c15-12-13(16-8-17-14(12)19)18-11-6-5-9-3-1-2-4-10(9)7-11/h1-4,8,11H,5-7,15H2,(H2,16,17,18,19). The number of anilines is 2. The van der Waals surface area contributed by atoms with Crippen LogP contribution in [0.1, 0.15) is 17.5 Å². The molecule has 0 fully saturated rings. The molecule has 1 aliphatic carbocycles. The van der Waals surface area contributed by atoms with Gasteiger partial charge in [-0.25, -0.2) is 4.98 Å². The molecule has 0 saturated heterocycles. The van der Waals surface area contributed by atoms with Crippen LogP contribution in [-0.4, -0.2) is 16.0 Å². The molecule has 3 rings (SSSR count). The molecular weight excluding hydrogens is 240 g/mol. The fourth-order valence-corrected chi connectivity index (χ4v) is 2.54. The van der Waals surface area contributed by atoms with Gasteiger partial charge in [-0.1, -0.05) is 24.3 Å². The molecule has 98 valence electrons. The van der Waals surface area contributed by atoms with Gasteiger partial charge in [-0.3, -0.25) is 4.79 Å². The SMILES string of the molecule is Nc1c(NC2CCc3ccccc3C2)nc[nH]c1=O. The van der Waals surface area contributed by atoms with Crippen LogP contribution in [0.3, 0.4) is 0 Å². The lowest BCUT2D eigenvalue weighted by molar-refractivity contribution is 0.609. The summed E-state index contributed by atoms with van der Waals surface area (Å²) in [6.45, 7) is 0. The predicted octanol–water partition coefficient (Wildman–Crippen LogP) is 1.32. The Bertz CT molecular complexity index is 650. The minimum atomic E-state index is -0.297. The number of nitrogen functional groups attached to an aromatic ring is 1. The second-order valence-corrected chi connectivity index (χ2v) is 4.85. The van der Waals surface area contributed by atoms with Crippen LogP contribution < -0.4 is 16.6 Å². The van der Waals surface area contributed by atoms with Crippen LogP contribution in [0.15, 0.2) is 35.4 Å². The molecule has 1 aromatic heterocycles. The molecule has 0 radical (unpaired) electrons. The van der Waals surface area contributed by atoms with Crippen molar-refractivity contribution in [2.45, 2.75) is 25.3 Å². The Morgan fingerprint density at radius 3 is 2.95 bits per heavy atom. The summed E-state index contributed by atoms with van der Waals surface area (Å²) in [4.78, 5) is 18.0. The van der Waals surface area contributed by atoms with Crippen LogP contribution in [0.25, 0.3) is 0 Å². The molecule has 0 spiro atoms. The van der Waals surface area contributed by atoms with Crippen LogP contribution in [-0.2, 0) is 12.8 Å². The number of nitrogens with zero attached hydrogens (tertiary/aromatic N) is 1. The summed E-state index contributed by atoms with van der Waals surface area (Å²) in [7, 11) is 0. The highest BCUT2D eigenvalue weighted by molar-refractivity contribution is 5.59. The molecule has 0 aliphatic heterocycles. The molecule has 5 heteroatoms. The van der Waals surface area contributed by atoms with E-state index >= 15 is 0 Å². The first kappa shape index (κ1) is 11.8. The highest BCUT2D eigenvalue weighted by Crippen LogP contribution is 2.23. The Morgan fingerprint density at radius 1 is 1.32 bits per heavy atom. The molecule has 2 aromatic rings. The van der Waals surface area contributed by atoms with E-state index in [-0.39, 0.29) is 17.3 Å². The summed E-state index contributed by atoms with van der Waals surface area (Å²) in [5.41, 5.74) is 8.35. The van der Waals surface area contributed by atoms with E-state index in [1.54, 1.807) is 0 Å². The molecule has 1 atom stereocenters. The number of benzene rings is 1. The molecule has 1 heterocycles. The van der Waals surface area contributed by atoms with Crippen LogP contribution >= 0.6 is 0 Å². The summed E-state index contributed by atoms with van der Waals surface area (Å²) in [6, 6.07) is 8.72. The number of rotatable bonds is 2. The van der Waals surface area contributed by atoms with Crippen molar-refractivity contribution in [3.63, 3.8) is 0 Å². The normalized spacial score (nSPS) is 17.8. The largest absolute Gasteiger partial charge is 0.391 e. The van der Waals surface area contributed by atoms with Crippen LogP contribution in [0, 0.1) is 0 Å². The first-order valence-electron chi connectivity index (χ1n) is 6.40. The third-order valence-corrected chi connectivity index (χ3v) is 3.58. The van der Waals surface area contributed by atoms with E-state index in [4.69, 9.17) is 5.73 Å². The number of aryl methyl sites for hydroxylation is 1. The Labute approximate surface area is 110 Å². The van der Waals surface area contributed by atoms with E-state index in [1.807, 2.05) is 0 Å². The maximum absolute atomic E-state index is 11.4. The van der Waals surface area contributed by atoms with Crippen molar-refractivity contribution >= 4 is 11.5 Å². The number of nitrogens with two attached hydrogens (primary N) is 1. The van der Waals surface area contributed by atoms with Crippen molar-refractivity contribution < 1.29 is 0 Å². The first-order chi connectivity index (χ1) is 9.24. The van der Waals surface area contributed by atoms with Crippen molar-refractivity contribution in [3.8, 4) is 0 Å². The Kier molecular flexibility index (Phi) is 2.95. The van der Waals surface area contributed by atoms with E-state index in [0.717, 1.165) is 19.3 Å². The molecule has 4 N–H and O–H groups in total. The number of fused-ring (bicyclic) bond motifs is 1. The van der Waals surface area contributed by atoms with Gasteiger partial charge in [-0.05, 0) is 30.4 Å². The van der Waals surface area contributed by atoms with Gasteiger partial charge in [0.25, 0.3) is 5.56 Å². The Morgan fingerprint density at radius 2 is 2.11 bits per heavy atom. The van der Waals surface area contributed by atoms with Crippen molar-refractivity contribution in [1.82, 2.24) is 9.97 Å². The third-order valence-electron chi connectivity index (χ3n) is 3.58. The lowest BCUT2D eigenvalue weighted by Gasteiger charge is -2.26. The maximum atomic E-state index is 11.4. The number of hydrogen-bond donors (Lipinski definition) is 3. The topological polar surface area (TPSA) is 83.8 Å². The van der Waals surface area contributed by atoms with Crippen molar-refractivity contribution in [2.24, 2.45) is 0 Å². The van der Waals surface area contributed by atoms with Crippen LogP contribution in [0.4, 0.5) is 11.5 Å². The number of aromatic amines is 1. The van der Waals surface area contributed by atoms with Gasteiger partial charge in [-0.2, -0.15) is 0 Å². The van der Waals surface area contributed by atoms with Crippen molar-refractivity contribution in [2.75, 3.05) is 11.1 Å². The number of nitrogens with one attached hydrogen (secondary N) is 2. The molecule has 19 heavy (non-hydrogen) atoms. The van der Waals surface area contributed by atoms with E-state index in [0.29, 0.717) is 5.82 Å². The van der Waals surface area contributed by atoms with Crippen LogP contribution in [0.5, 0.6) is 0 Å². The molecule has 1 unspecified atom stereocenters. The van der Waals surface area contributed by atoms with Gasteiger partial charge < -0.3 is 16.0 Å². The van der Waals surface area contributed by atoms with Crippen molar-refractivity contribution in [3.05, 3.63) is 52.1 Å². The fourth-order valence-electron chi connectivity index (χ4n) is 2.54. The van der Waals surface area contributed by atoms with Gasteiger partial charge in [0.2, 0.25) is 0 Å². The van der Waals surface area contributed by atoms with Gasteiger partial charge in [0.1, 0.15) is 5.69 Å². The summed E-state index contributed by atoms with van der Waals surface area (Å²) in [5, 5.41) is 3.27. The average molecular weight is 256 g/mol. The minimum absolute atomic E-state index is 0.154. The summed E-state index contributed by atoms with van der Waals surface area (Å²) in [6.07, 6.45) is 4.36. The van der Waals surface area contributed by atoms with E-state index < -0.39 is 0 Å². The highest BCUT2D eigenvalue weighted by Gasteiger charge is 2.19. The Balaban J connectivity index is 1.79. The van der Waals surface area contributed by atoms with Gasteiger partial charge in [0, 0.05) is 6.04 Å². The second kappa shape index (κ2) is 4.76. The molecule has 0 bridgehead atoms. The van der Waals surface area contributed by atoms with E-state index in [2.05, 4.69) is 39.6 Å². The number of hydrogen-bond acceptors (Lipinski definition) is 4.